The number of rotatable bonds is 8. The Hall–Kier alpha value is -2.92. The maximum atomic E-state index is 12.6. The number of hydrogen-bond acceptors (Lipinski definition) is 4. The lowest BCUT2D eigenvalue weighted by molar-refractivity contribution is -0.119. The van der Waals surface area contributed by atoms with Crippen LogP contribution < -0.4 is 11.1 Å². The number of anilines is 2. The normalized spacial score (nSPS) is 10.9. The molecule has 0 saturated heterocycles. The van der Waals surface area contributed by atoms with Crippen LogP contribution in [0, 0.1) is 5.92 Å². The SMILES string of the molecule is CC(C)CC(=O)CCc1ccc(C(=O)Nc2cc(-c3cccs3)ccc2N)cc1. The van der Waals surface area contributed by atoms with Gasteiger partial charge in [-0.15, -0.1) is 11.3 Å². The third-order valence-electron chi connectivity index (χ3n) is 4.65. The van der Waals surface area contributed by atoms with E-state index in [1.807, 2.05) is 61.7 Å². The van der Waals surface area contributed by atoms with Crippen molar-refractivity contribution in [2.45, 2.75) is 33.1 Å². The van der Waals surface area contributed by atoms with Crippen molar-refractivity contribution < 1.29 is 9.59 Å². The highest BCUT2D eigenvalue weighted by Gasteiger charge is 2.11. The van der Waals surface area contributed by atoms with Crippen LogP contribution in [0.5, 0.6) is 0 Å². The van der Waals surface area contributed by atoms with Crippen LogP contribution in [0.4, 0.5) is 11.4 Å². The van der Waals surface area contributed by atoms with Crippen LogP contribution in [0.25, 0.3) is 10.4 Å². The van der Waals surface area contributed by atoms with Gasteiger partial charge >= 0.3 is 0 Å². The van der Waals surface area contributed by atoms with Gasteiger partial charge in [-0.25, -0.2) is 0 Å². The Morgan fingerprint density at radius 3 is 2.48 bits per heavy atom. The third-order valence-corrected chi connectivity index (χ3v) is 5.57. The largest absolute Gasteiger partial charge is 0.397 e. The average molecular weight is 407 g/mol. The lowest BCUT2D eigenvalue weighted by atomic mass is 10.0. The summed E-state index contributed by atoms with van der Waals surface area (Å²) in [5.41, 5.74) is 9.81. The average Bonchev–Trinajstić information content (AvgIpc) is 3.23. The van der Waals surface area contributed by atoms with E-state index in [1.54, 1.807) is 23.5 Å². The van der Waals surface area contributed by atoms with Crippen LogP contribution in [0.3, 0.4) is 0 Å². The number of ketones is 1. The van der Waals surface area contributed by atoms with E-state index in [0.29, 0.717) is 42.1 Å². The zero-order chi connectivity index (χ0) is 20.8. The summed E-state index contributed by atoms with van der Waals surface area (Å²) in [5.74, 6) is 0.463. The van der Waals surface area contributed by atoms with Gasteiger partial charge in [0.15, 0.2) is 0 Å². The van der Waals surface area contributed by atoms with E-state index in [2.05, 4.69) is 5.32 Å². The standard InChI is InChI=1S/C24H26N2O2S/c1-16(2)14-20(27)11-7-17-5-8-18(9-6-17)24(28)26-22-15-19(10-12-21(22)25)23-4-3-13-29-23/h3-6,8-10,12-13,15-16H,7,11,14,25H2,1-2H3,(H,26,28). The van der Waals surface area contributed by atoms with Gasteiger partial charge in [-0.1, -0.05) is 38.1 Å². The number of hydrogen-bond donors (Lipinski definition) is 2. The molecular formula is C24H26N2O2S. The number of Topliss-reactive ketones (excluding diaryl/α,β-unsaturated/α-hetero) is 1. The Morgan fingerprint density at radius 2 is 1.83 bits per heavy atom. The molecule has 0 radical (unpaired) electrons. The van der Waals surface area contributed by atoms with Gasteiger partial charge in [0.05, 0.1) is 11.4 Å². The fourth-order valence-electron chi connectivity index (χ4n) is 3.12. The third kappa shape index (κ3) is 5.78. The molecule has 1 heterocycles. The summed E-state index contributed by atoms with van der Waals surface area (Å²) >= 11 is 1.64. The van der Waals surface area contributed by atoms with Gasteiger partial charge in [0, 0.05) is 23.3 Å². The predicted molar refractivity (Wildman–Crippen MR) is 121 cm³/mol. The second kappa shape index (κ2) is 9.52. The van der Waals surface area contributed by atoms with E-state index in [9.17, 15) is 9.59 Å². The number of nitrogen functional groups attached to an aromatic ring is 1. The van der Waals surface area contributed by atoms with Gasteiger partial charge in [0.25, 0.3) is 5.91 Å². The van der Waals surface area contributed by atoms with E-state index in [-0.39, 0.29) is 11.7 Å². The lowest BCUT2D eigenvalue weighted by Crippen LogP contribution is -2.13. The zero-order valence-electron chi connectivity index (χ0n) is 16.8. The smallest absolute Gasteiger partial charge is 0.255 e. The fraction of sp³-hybridized carbons (Fsp3) is 0.250. The summed E-state index contributed by atoms with van der Waals surface area (Å²) in [5, 5.41) is 4.92. The molecule has 0 atom stereocenters. The molecule has 3 rings (SSSR count). The molecule has 0 saturated carbocycles. The Kier molecular flexibility index (Phi) is 6.83. The van der Waals surface area contributed by atoms with Crippen molar-refractivity contribution in [1.29, 1.82) is 0 Å². The second-order valence-corrected chi connectivity index (χ2v) is 8.51. The first-order valence-electron chi connectivity index (χ1n) is 9.78. The number of carbonyl (C=O) groups excluding carboxylic acids is 2. The topological polar surface area (TPSA) is 72.2 Å². The highest BCUT2D eigenvalue weighted by molar-refractivity contribution is 7.13. The molecule has 0 aliphatic rings. The molecule has 0 fully saturated rings. The van der Waals surface area contributed by atoms with E-state index in [1.165, 1.54) is 0 Å². The first-order valence-corrected chi connectivity index (χ1v) is 10.7. The van der Waals surface area contributed by atoms with Crippen LogP contribution in [0.2, 0.25) is 0 Å². The molecule has 2 aromatic carbocycles. The molecule has 1 aromatic heterocycles. The van der Waals surface area contributed by atoms with Crippen LogP contribution in [-0.4, -0.2) is 11.7 Å². The molecule has 4 nitrogen and oxygen atoms in total. The number of amides is 1. The molecule has 0 unspecified atom stereocenters. The molecule has 0 bridgehead atoms. The molecule has 150 valence electrons. The van der Waals surface area contributed by atoms with Crippen molar-refractivity contribution >= 4 is 34.4 Å². The lowest BCUT2D eigenvalue weighted by Gasteiger charge is -2.10. The monoisotopic (exact) mass is 406 g/mol. The van der Waals surface area contributed by atoms with Gasteiger partial charge < -0.3 is 11.1 Å². The highest BCUT2D eigenvalue weighted by Crippen LogP contribution is 2.30. The van der Waals surface area contributed by atoms with E-state index >= 15 is 0 Å². The highest BCUT2D eigenvalue weighted by atomic mass is 32.1. The van der Waals surface area contributed by atoms with Crippen LogP contribution in [0.1, 0.15) is 42.6 Å². The van der Waals surface area contributed by atoms with E-state index in [0.717, 1.165) is 16.0 Å². The number of nitrogens with one attached hydrogen (secondary N) is 1. The van der Waals surface area contributed by atoms with Crippen molar-refractivity contribution in [1.82, 2.24) is 0 Å². The molecule has 0 aliphatic carbocycles. The van der Waals surface area contributed by atoms with Gasteiger partial charge in [-0.2, -0.15) is 0 Å². The number of nitrogens with two attached hydrogens (primary N) is 1. The number of thiophene rings is 1. The molecule has 3 aromatic rings. The number of carbonyl (C=O) groups is 2. The van der Waals surface area contributed by atoms with Crippen molar-refractivity contribution in [3.8, 4) is 10.4 Å². The Labute approximate surface area is 175 Å². The second-order valence-electron chi connectivity index (χ2n) is 7.57. The minimum atomic E-state index is -0.206. The quantitative estimate of drug-likeness (QED) is 0.465. The van der Waals surface area contributed by atoms with Crippen molar-refractivity contribution in [3.63, 3.8) is 0 Å². The van der Waals surface area contributed by atoms with Crippen LogP contribution >= 0.6 is 11.3 Å². The first kappa shape index (κ1) is 20.8. The number of aryl methyl sites for hydroxylation is 1. The molecule has 5 heteroatoms. The fourth-order valence-corrected chi connectivity index (χ4v) is 3.84. The van der Waals surface area contributed by atoms with Crippen molar-refractivity contribution in [2.75, 3.05) is 11.1 Å². The first-order chi connectivity index (χ1) is 13.9. The zero-order valence-corrected chi connectivity index (χ0v) is 17.6. The molecule has 0 spiro atoms. The Bertz CT molecular complexity index is 977. The van der Waals surface area contributed by atoms with E-state index in [4.69, 9.17) is 5.73 Å². The van der Waals surface area contributed by atoms with Crippen molar-refractivity contribution in [3.05, 3.63) is 71.1 Å². The summed E-state index contributed by atoms with van der Waals surface area (Å²) in [4.78, 5) is 25.6. The molecule has 0 aliphatic heterocycles. The molecule has 3 N–H and O–H groups in total. The van der Waals surface area contributed by atoms with Crippen LogP contribution in [0.15, 0.2) is 60.0 Å². The van der Waals surface area contributed by atoms with Gasteiger partial charge in [0.1, 0.15) is 5.78 Å². The van der Waals surface area contributed by atoms with Gasteiger partial charge in [0.2, 0.25) is 0 Å². The van der Waals surface area contributed by atoms with Gasteiger partial charge in [-0.3, -0.25) is 9.59 Å². The Morgan fingerprint density at radius 1 is 1.07 bits per heavy atom. The van der Waals surface area contributed by atoms with Crippen molar-refractivity contribution in [2.24, 2.45) is 5.92 Å². The molecule has 29 heavy (non-hydrogen) atoms. The summed E-state index contributed by atoms with van der Waals surface area (Å²) in [6.45, 7) is 4.10. The summed E-state index contributed by atoms with van der Waals surface area (Å²) < 4.78 is 0. The molecule has 1 amide bonds. The maximum Gasteiger partial charge on any atom is 0.255 e. The molecular weight excluding hydrogens is 380 g/mol. The maximum absolute atomic E-state index is 12.6. The summed E-state index contributed by atoms with van der Waals surface area (Å²) in [6, 6.07) is 17.1. The summed E-state index contributed by atoms with van der Waals surface area (Å²) in [7, 11) is 0. The Balaban J connectivity index is 1.64. The van der Waals surface area contributed by atoms with Crippen LogP contribution in [-0.2, 0) is 11.2 Å². The minimum absolute atomic E-state index is 0.206. The predicted octanol–water partition coefficient (Wildman–Crippen LogP) is 5.80. The summed E-state index contributed by atoms with van der Waals surface area (Å²) in [6.07, 6.45) is 1.85. The minimum Gasteiger partial charge on any atom is -0.397 e. The van der Waals surface area contributed by atoms with E-state index < -0.39 is 0 Å². The number of benzene rings is 2. The van der Waals surface area contributed by atoms with Gasteiger partial charge in [-0.05, 0) is 59.2 Å².